The zero-order valence-electron chi connectivity index (χ0n) is 14.0. The molecule has 1 saturated heterocycles. The number of nitrogens with one attached hydrogen (secondary N) is 1. The van der Waals surface area contributed by atoms with Crippen LogP contribution in [0.3, 0.4) is 0 Å². The minimum atomic E-state index is -0.891. The minimum Gasteiger partial charge on any atom is -0.481 e. The maximum atomic E-state index is 12.3. The fraction of sp³-hybridized carbons (Fsp3) is 0.471. The molecule has 0 radical (unpaired) electrons. The van der Waals surface area contributed by atoms with E-state index in [9.17, 15) is 14.4 Å². The van der Waals surface area contributed by atoms with E-state index in [0.717, 1.165) is 12.1 Å². The summed E-state index contributed by atoms with van der Waals surface area (Å²) in [5.74, 6) is -1.01. The van der Waals surface area contributed by atoms with E-state index in [2.05, 4.69) is 5.32 Å². The zero-order valence-corrected chi connectivity index (χ0v) is 14.0. The fourth-order valence-electron chi connectivity index (χ4n) is 2.59. The Balaban J connectivity index is 1.98. The van der Waals surface area contributed by atoms with Crippen LogP contribution in [0, 0.1) is 0 Å². The van der Waals surface area contributed by atoms with Crippen molar-refractivity contribution < 1.29 is 19.5 Å². The van der Waals surface area contributed by atoms with Gasteiger partial charge in [0.2, 0.25) is 11.8 Å². The number of rotatable bonds is 7. The standard InChI is InChI=1S/C17H23N3O4/c1-12(19(2)10-8-16(22)23)17(24)18-13-5-3-6-14(11-13)20-9-4-7-15(20)21/h3,5-6,11-12H,4,7-10H2,1-2H3,(H,18,24)(H,22,23). The van der Waals surface area contributed by atoms with Gasteiger partial charge >= 0.3 is 5.97 Å². The van der Waals surface area contributed by atoms with E-state index in [1.165, 1.54) is 0 Å². The SMILES string of the molecule is CC(C(=O)Nc1cccc(N2CCCC2=O)c1)N(C)CCC(=O)O. The number of amides is 2. The molecule has 0 spiro atoms. The van der Waals surface area contributed by atoms with Crippen LogP contribution in [0.4, 0.5) is 11.4 Å². The third-order valence-electron chi connectivity index (χ3n) is 4.22. The maximum Gasteiger partial charge on any atom is 0.304 e. The second-order valence-corrected chi connectivity index (χ2v) is 5.99. The van der Waals surface area contributed by atoms with Crippen molar-refractivity contribution in [2.75, 3.05) is 30.4 Å². The van der Waals surface area contributed by atoms with Crippen LogP contribution < -0.4 is 10.2 Å². The zero-order chi connectivity index (χ0) is 17.7. The van der Waals surface area contributed by atoms with Gasteiger partial charge in [-0.3, -0.25) is 19.3 Å². The van der Waals surface area contributed by atoms with Crippen molar-refractivity contribution in [3.63, 3.8) is 0 Å². The summed E-state index contributed by atoms with van der Waals surface area (Å²) in [6.07, 6.45) is 1.39. The molecular weight excluding hydrogens is 310 g/mol. The van der Waals surface area contributed by atoms with E-state index in [0.29, 0.717) is 25.2 Å². The Morgan fingerprint density at radius 3 is 2.79 bits per heavy atom. The highest BCUT2D eigenvalue weighted by molar-refractivity contribution is 5.98. The third-order valence-corrected chi connectivity index (χ3v) is 4.22. The molecule has 1 atom stereocenters. The molecule has 2 amide bonds. The number of carbonyl (C=O) groups is 3. The molecule has 7 nitrogen and oxygen atoms in total. The first-order chi connectivity index (χ1) is 11.4. The predicted molar refractivity (Wildman–Crippen MR) is 91.0 cm³/mol. The van der Waals surface area contributed by atoms with E-state index in [4.69, 9.17) is 5.11 Å². The number of benzene rings is 1. The van der Waals surface area contributed by atoms with Crippen molar-refractivity contribution in [1.29, 1.82) is 0 Å². The van der Waals surface area contributed by atoms with E-state index < -0.39 is 12.0 Å². The summed E-state index contributed by atoms with van der Waals surface area (Å²) in [5, 5.41) is 11.5. The number of carboxylic acids is 1. The molecule has 7 heteroatoms. The molecule has 1 aromatic carbocycles. The Morgan fingerprint density at radius 1 is 1.42 bits per heavy atom. The molecule has 0 saturated carbocycles. The van der Waals surface area contributed by atoms with Crippen molar-refractivity contribution in [2.45, 2.75) is 32.2 Å². The molecule has 1 unspecified atom stereocenters. The average Bonchev–Trinajstić information content (AvgIpc) is 2.98. The molecule has 1 fully saturated rings. The average molecular weight is 333 g/mol. The molecule has 1 heterocycles. The lowest BCUT2D eigenvalue weighted by Crippen LogP contribution is -2.40. The van der Waals surface area contributed by atoms with Gasteiger partial charge in [-0.1, -0.05) is 6.07 Å². The monoisotopic (exact) mass is 333 g/mol. The summed E-state index contributed by atoms with van der Waals surface area (Å²) in [6.45, 7) is 2.72. The number of hydrogen-bond acceptors (Lipinski definition) is 4. The molecule has 2 rings (SSSR count). The van der Waals surface area contributed by atoms with Crippen molar-refractivity contribution >= 4 is 29.2 Å². The van der Waals surface area contributed by atoms with Gasteiger partial charge in [0.15, 0.2) is 0 Å². The van der Waals surface area contributed by atoms with Crippen LogP contribution in [-0.4, -0.2) is 54.0 Å². The number of anilines is 2. The minimum absolute atomic E-state index is 0.0132. The Morgan fingerprint density at radius 2 is 2.17 bits per heavy atom. The van der Waals surface area contributed by atoms with E-state index in [1.807, 2.05) is 6.07 Å². The third kappa shape index (κ3) is 4.55. The Kier molecular flexibility index (Phi) is 5.92. The number of carboxylic acid groups (broad SMARTS) is 1. The van der Waals surface area contributed by atoms with E-state index in [1.54, 1.807) is 42.0 Å². The first-order valence-electron chi connectivity index (χ1n) is 8.02. The quantitative estimate of drug-likeness (QED) is 0.790. The largest absolute Gasteiger partial charge is 0.481 e. The summed E-state index contributed by atoms with van der Waals surface area (Å²) in [5.41, 5.74) is 1.40. The van der Waals surface area contributed by atoms with Gasteiger partial charge in [-0.05, 0) is 38.6 Å². The van der Waals surface area contributed by atoms with E-state index in [-0.39, 0.29) is 18.2 Å². The highest BCUT2D eigenvalue weighted by atomic mass is 16.4. The van der Waals surface area contributed by atoms with Gasteiger partial charge < -0.3 is 15.3 Å². The lowest BCUT2D eigenvalue weighted by molar-refractivity contribution is -0.137. The Hall–Kier alpha value is -2.41. The molecule has 1 aliphatic heterocycles. The van der Waals surface area contributed by atoms with Crippen LogP contribution in [0.5, 0.6) is 0 Å². The number of aliphatic carboxylic acids is 1. The summed E-state index contributed by atoms with van der Waals surface area (Å²) in [6, 6.07) is 6.75. The van der Waals surface area contributed by atoms with Crippen LogP contribution in [0.2, 0.25) is 0 Å². The van der Waals surface area contributed by atoms with Crippen molar-refractivity contribution in [3.8, 4) is 0 Å². The molecule has 130 valence electrons. The van der Waals surface area contributed by atoms with Crippen LogP contribution in [0.15, 0.2) is 24.3 Å². The lowest BCUT2D eigenvalue weighted by Gasteiger charge is -2.23. The second kappa shape index (κ2) is 7.92. The molecular formula is C17H23N3O4. The van der Waals surface area contributed by atoms with Crippen LogP contribution in [0.25, 0.3) is 0 Å². The molecule has 0 aromatic heterocycles. The highest BCUT2D eigenvalue weighted by Gasteiger charge is 2.22. The smallest absolute Gasteiger partial charge is 0.304 e. The van der Waals surface area contributed by atoms with Gasteiger partial charge in [0.1, 0.15) is 0 Å². The van der Waals surface area contributed by atoms with Gasteiger partial charge in [-0.15, -0.1) is 0 Å². The molecule has 1 aliphatic rings. The molecule has 0 bridgehead atoms. The van der Waals surface area contributed by atoms with Crippen molar-refractivity contribution in [3.05, 3.63) is 24.3 Å². The summed E-state index contributed by atoms with van der Waals surface area (Å²) in [4.78, 5) is 38.2. The first-order valence-corrected chi connectivity index (χ1v) is 8.02. The Labute approximate surface area is 141 Å². The van der Waals surface area contributed by atoms with E-state index >= 15 is 0 Å². The summed E-state index contributed by atoms with van der Waals surface area (Å²) >= 11 is 0. The molecule has 24 heavy (non-hydrogen) atoms. The summed E-state index contributed by atoms with van der Waals surface area (Å²) in [7, 11) is 1.71. The number of nitrogens with zero attached hydrogens (tertiary/aromatic N) is 2. The lowest BCUT2D eigenvalue weighted by atomic mass is 10.2. The molecule has 2 N–H and O–H groups in total. The predicted octanol–water partition coefficient (Wildman–Crippen LogP) is 1.55. The van der Waals surface area contributed by atoms with Gasteiger partial charge in [0, 0.05) is 30.9 Å². The summed E-state index contributed by atoms with van der Waals surface area (Å²) < 4.78 is 0. The number of carbonyl (C=O) groups excluding carboxylic acids is 2. The highest BCUT2D eigenvalue weighted by Crippen LogP contribution is 2.24. The Bertz CT molecular complexity index is 632. The van der Waals surface area contributed by atoms with Crippen LogP contribution in [0.1, 0.15) is 26.2 Å². The topological polar surface area (TPSA) is 90.0 Å². The fourth-order valence-corrected chi connectivity index (χ4v) is 2.59. The molecule has 1 aromatic rings. The number of hydrogen-bond donors (Lipinski definition) is 2. The van der Waals surface area contributed by atoms with Crippen LogP contribution in [-0.2, 0) is 14.4 Å². The van der Waals surface area contributed by atoms with Crippen LogP contribution >= 0.6 is 0 Å². The maximum absolute atomic E-state index is 12.3. The molecule has 0 aliphatic carbocycles. The van der Waals surface area contributed by atoms with Gasteiger partial charge in [0.25, 0.3) is 0 Å². The first kappa shape index (κ1) is 17.9. The number of likely N-dealkylation sites (N-methyl/N-ethyl adjacent to an activating group) is 1. The van der Waals surface area contributed by atoms with Crippen molar-refractivity contribution in [1.82, 2.24) is 4.90 Å². The van der Waals surface area contributed by atoms with Gasteiger partial charge in [-0.2, -0.15) is 0 Å². The van der Waals surface area contributed by atoms with Gasteiger partial charge in [-0.25, -0.2) is 0 Å². The normalized spacial score (nSPS) is 15.6. The van der Waals surface area contributed by atoms with Gasteiger partial charge in [0.05, 0.1) is 12.5 Å². The second-order valence-electron chi connectivity index (χ2n) is 5.99. The van der Waals surface area contributed by atoms with Crippen molar-refractivity contribution in [2.24, 2.45) is 0 Å².